The third-order valence-corrected chi connectivity index (χ3v) is 4.56. The van der Waals surface area contributed by atoms with E-state index in [-0.39, 0.29) is 5.91 Å². The van der Waals surface area contributed by atoms with Crippen LogP contribution in [-0.4, -0.2) is 39.6 Å². The third-order valence-electron chi connectivity index (χ3n) is 2.81. The Hall–Kier alpha value is -1.17. The Bertz CT molecular complexity index is 577. The van der Waals surface area contributed by atoms with E-state index in [9.17, 15) is 9.59 Å². The smallest absolute Gasteiger partial charge is 0.327 e. The number of benzene rings is 1. The first kappa shape index (κ1) is 15.2. The minimum atomic E-state index is -0.980. The summed E-state index contributed by atoms with van der Waals surface area (Å²) < 4.78 is 0. The van der Waals surface area contributed by atoms with Gasteiger partial charge in [0.15, 0.2) is 0 Å². The van der Waals surface area contributed by atoms with Crippen molar-refractivity contribution in [2.75, 3.05) is 11.6 Å². The second-order valence-electron chi connectivity index (χ2n) is 4.17. The number of carboxylic acid groups (broad SMARTS) is 1. The first-order chi connectivity index (χ1) is 9.49. The molecule has 1 aromatic rings. The van der Waals surface area contributed by atoms with Crippen LogP contribution in [0.4, 0.5) is 0 Å². The number of halogens is 2. The van der Waals surface area contributed by atoms with E-state index in [2.05, 4.69) is 0 Å². The van der Waals surface area contributed by atoms with E-state index in [1.165, 1.54) is 22.7 Å². The number of carbonyl (C=O) groups excluding carboxylic acids is 1. The maximum Gasteiger partial charge on any atom is 0.327 e. The molecule has 1 saturated heterocycles. The van der Waals surface area contributed by atoms with Gasteiger partial charge in [-0.25, -0.2) is 4.79 Å². The van der Waals surface area contributed by atoms with Crippen molar-refractivity contribution in [3.8, 4) is 0 Å². The highest BCUT2D eigenvalue weighted by Gasteiger charge is 2.33. The summed E-state index contributed by atoms with van der Waals surface area (Å²) in [7, 11) is 0. The van der Waals surface area contributed by atoms with Crippen molar-refractivity contribution in [3.63, 3.8) is 0 Å². The van der Waals surface area contributed by atoms with E-state index >= 15 is 0 Å². The molecule has 1 amide bonds. The van der Waals surface area contributed by atoms with Gasteiger partial charge in [0.25, 0.3) is 0 Å². The Morgan fingerprint density at radius 1 is 1.35 bits per heavy atom. The summed E-state index contributed by atoms with van der Waals surface area (Å²) in [6.45, 7) is 0. The van der Waals surface area contributed by atoms with Gasteiger partial charge in [0.2, 0.25) is 5.91 Å². The molecule has 0 spiro atoms. The van der Waals surface area contributed by atoms with Crippen molar-refractivity contribution in [2.45, 2.75) is 6.04 Å². The highest BCUT2D eigenvalue weighted by molar-refractivity contribution is 7.99. The van der Waals surface area contributed by atoms with Crippen LogP contribution >= 0.6 is 35.0 Å². The SMILES string of the molecule is O=C(O)C1CSCN1C(=O)/C=C/c1ccc(Cl)c(Cl)c1. The molecule has 1 unspecified atom stereocenters. The molecule has 1 fully saturated rings. The van der Waals surface area contributed by atoms with Crippen molar-refractivity contribution in [1.29, 1.82) is 0 Å². The summed E-state index contributed by atoms with van der Waals surface area (Å²) >= 11 is 13.1. The van der Waals surface area contributed by atoms with Gasteiger partial charge in [-0.05, 0) is 23.8 Å². The van der Waals surface area contributed by atoms with Gasteiger partial charge >= 0.3 is 5.97 Å². The maximum absolute atomic E-state index is 12.0. The summed E-state index contributed by atoms with van der Waals surface area (Å²) in [4.78, 5) is 24.3. The van der Waals surface area contributed by atoms with E-state index in [0.29, 0.717) is 21.7 Å². The van der Waals surface area contributed by atoms with Gasteiger partial charge in [0.1, 0.15) is 6.04 Å². The average molecular weight is 332 g/mol. The number of thioether (sulfide) groups is 1. The lowest BCUT2D eigenvalue weighted by Gasteiger charge is -2.18. The Morgan fingerprint density at radius 3 is 2.75 bits per heavy atom. The number of nitrogens with zero attached hydrogens (tertiary/aromatic N) is 1. The summed E-state index contributed by atoms with van der Waals surface area (Å²) in [6.07, 6.45) is 2.94. The normalized spacial score (nSPS) is 18.7. The van der Waals surface area contributed by atoms with Crippen LogP contribution in [0.25, 0.3) is 6.08 Å². The molecule has 1 aromatic carbocycles. The highest BCUT2D eigenvalue weighted by atomic mass is 35.5. The van der Waals surface area contributed by atoms with Crippen LogP contribution in [0.2, 0.25) is 10.0 Å². The van der Waals surface area contributed by atoms with Crippen molar-refractivity contribution in [2.24, 2.45) is 0 Å². The van der Waals surface area contributed by atoms with Crippen LogP contribution in [0, 0.1) is 0 Å². The molecule has 20 heavy (non-hydrogen) atoms. The fourth-order valence-electron chi connectivity index (χ4n) is 1.74. The molecule has 1 aliphatic heterocycles. The second kappa shape index (κ2) is 6.52. The quantitative estimate of drug-likeness (QED) is 0.865. The Labute approximate surface area is 130 Å². The zero-order chi connectivity index (χ0) is 14.7. The number of amides is 1. The molecule has 0 aromatic heterocycles. The molecule has 0 aliphatic carbocycles. The number of hydrogen-bond donors (Lipinski definition) is 1. The molecule has 0 bridgehead atoms. The van der Waals surface area contributed by atoms with Gasteiger partial charge in [0.05, 0.1) is 15.9 Å². The molecule has 1 heterocycles. The Balaban J connectivity index is 2.08. The number of hydrogen-bond acceptors (Lipinski definition) is 3. The van der Waals surface area contributed by atoms with Gasteiger partial charge in [-0.3, -0.25) is 4.79 Å². The van der Waals surface area contributed by atoms with Gasteiger partial charge < -0.3 is 10.0 Å². The molecular formula is C13H11Cl2NO3S. The van der Waals surface area contributed by atoms with Gasteiger partial charge in [-0.2, -0.15) is 0 Å². The molecule has 2 rings (SSSR count). The molecule has 7 heteroatoms. The van der Waals surface area contributed by atoms with Crippen molar-refractivity contribution < 1.29 is 14.7 Å². The van der Waals surface area contributed by atoms with E-state index in [1.54, 1.807) is 24.3 Å². The topological polar surface area (TPSA) is 57.6 Å². The number of carbonyl (C=O) groups is 2. The van der Waals surface area contributed by atoms with Crippen LogP contribution in [0.3, 0.4) is 0 Å². The minimum Gasteiger partial charge on any atom is -0.480 e. The van der Waals surface area contributed by atoms with E-state index < -0.39 is 12.0 Å². The molecule has 1 aliphatic rings. The lowest BCUT2D eigenvalue weighted by Crippen LogP contribution is -2.40. The molecule has 1 atom stereocenters. The number of aliphatic carboxylic acids is 1. The molecular weight excluding hydrogens is 321 g/mol. The van der Waals surface area contributed by atoms with E-state index in [1.807, 2.05) is 0 Å². The minimum absolute atomic E-state index is 0.325. The third kappa shape index (κ3) is 3.48. The lowest BCUT2D eigenvalue weighted by atomic mass is 10.2. The van der Waals surface area contributed by atoms with Crippen LogP contribution in [-0.2, 0) is 9.59 Å². The summed E-state index contributed by atoms with van der Waals surface area (Å²) in [5.74, 6) is -0.497. The first-order valence-electron chi connectivity index (χ1n) is 5.73. The standard InChI is InChI=1S/C13H11Cl2NO3S/c14-9-3-1-8(5-10(9)15)2-4-12(17)16-7-20-6-11(16)13(18)19/h1-5,11H,6-7H2,(H,18,19)/b4-2+. The largest absolute Gasteiger partial charge is 0.480 e. The number of rotatable bonds is 3. The summed E-state index contributed by atoms with van der Waals surface area (Å²) in [6, 6.07) is 4.25. The van der Waals surface area contributed by atoms with E-state index in [4.69, 9.17) is 28.3 Å². The molecule has 0 saturated carbocycles. The van der Waals surface area contributed by atoms with Crippen molar-refractivity contribution in [1.82, 2.24) is 4.90 Å². The summed E-state index contributed by atoms with van der Waals surface area (Å²) in [5.41, 5.74) is 0.728. The van der Waals surface area contributed by atoms with Crippen molar-refractivity contribution >= 4 is 52.9 Å². The Kier molecular flexibility index (Phi) is 4.96. The fraction of sp³-hybridized carbons (Fsp3) is 0.231. The van der Waals surface area contributed by atoms with Gasteiger partial charge in [0, 0.05) is 11.8 Å². The Morgan fingerprint density at radius 2 is 2.10 bits per heavy atom. The summed E-state index contributed by atoms with van der Waals surface area (Å²) in [5, 5.41) is 9.87. The second-order valence-corrected chi connectivity index (χ2v) is 5.98. The zero-order valence-electron chi connectivity index (χ0n) is 10.3. The molecule has 4 nitrogen and oxygen atoms in total. The molecule has 106 valence electrons. The van der Waals surface area contributed by atoms with Gasteiger partial charge in [-0.1, -0.05) is 29.3 Å². The predicted molar refractivity (Wildman–Crippen MR) is 81.1 cm³/mol. The molecule has 1 N–H and O–H groups in total. The zero-order valence-corrected chi connectivity index (χ0v) is 12.6. The predicted octanol–water partition coefficient (Wildman–Crippen LogP) is 2.99. The average Bonchev–Trinajstić information content (AvgIpc) is 2.89. The lowest BCUT2D eigenvalue weighted by molar-refractivity contribution is -0.146. The van der Waals surface area contributed by atoms with E-state index in [0.717, 1.165) is 5.56 Å². The number of carboxylic acids is 1. The van der Waals surface area contributed by atoms with Crippen LogP contribution in [0.15, 0.2) is 24.3 Å². The monoisotopic (exact) mass is 331 g/mol. The van der Waals surface area contributed by atoms with Crippen LogP contribution < -0.4 is 0 Å². The maximum atomic E-state index is 12.0. The van der Waals surface area contributed by atoms with Crippen molar-refractivity contribution in [3.05, 3.63) is 39.9 Å². The highest BCUT2D eigenvalue weighted by Crippen LogP contribution is 2.24. The van der Waals surface area contributed by atoms with Gasteiger partial charge in [-0.15, -0.1) is 11.8 Å². The molecule has 0 radical (unpaired) electrons. The first-order valence-corrected chi connectivity index (χ1v) is 7.64. The van der Waals surface area contributed by atoms with Crippen LogP contribution in [0.5, 0.6) is 0 Å². The fourth-order valence-corrected chi connectivity index (χ4v) is 3.21. The van der Waals surface area contributed by atoms with Crippen LogP contribution in [0.1, 0.15) is 5.56 Å².